The average molecular weight is 454 g/mol. The summed E-state index contributed by atoms with van der Waals surface area (Å²) in [5.74, 6) is 1.07. The topological polar surface area (TPSA) is 62.1 Å². The molecule has 1 aliphatic heterocycles. The molecule has 146 valence electrons. The van der Waals surface area contributed by atoms with Crippen molar-refractivity contribution in [2.24, 2.45) is 0 Å². The highest BCUT2D eigenvalue weighted by Crippen LogP contribution is 2.30. The molecule has 1 N–H and O–H groups in total. The molecule has 0 saturated heterocycles. The normalized spacial score (nSPS) is 14.9. The van der Waals surface area contributed by atoms with Crippen LogP contribution >= 0.6 is 15.9 Å². The molecule has 0 unspecified atom stereocenters. The van der Waals surface area contributed by atoms with Gasteiger partial charge in [-0.2, -0.15) is 13.2 Å². The van der Waals surface area contributed by atoms with Crippen molar-refractivity contribution < 1.29 is 17.6 Å². The van der Waals surface area contributed by atoms with Crippen LogP contribution in [0.3, 0.4) is 0 Å². The van der Waals surface area contributed by atoms with E-state index in [0.717, 1.165) is 17.9 Å². The lowest BCUT2D eigenvalue weighted by atomic mass is 10.1. The minimum Gasteiger partial charge on any atom is -0.453 e. The first-order valence-corrected chi connectivity index (χ1v) is 9.35. The largest absolute Gasteiger partial charge is 0.453 e. The molecule has 0 spiro atoms. The van der Waals surface area contributed by atoms with E-state index in [2.05, 4.69) is 30.8 Å². The molecule has 1 aliphatic rings. The van der Waals surface area contributed by atoms with Gasteiger partial charge in [-0.15, -0.1) is 0 Å². The smallest absolute Gasteiger partial charge is 0.416 e. The fraction of sp³-hybridized carbons (Fsp3) is 0.263. The number of aromatic nitrogens is 2. The van der Waals surface area contributed by atoms with E-state index in [9.17, 15) is 18.0 Å². The zero-order valence-corrected chi connectivity index (χ0v) is 16.1. The second-order valence-electron chi connectivity index (χ2n) is 6.58. The van der Waals surface area contributed by atoms with Gasteiger partial charge < -0.3 is 9.40 Å². The van der Waals surface area contributed by atoms with Crippen LogP contribution in [0.5, 0.6) is 0 Å². The molecule has 0 saturated carbocycles. The Bertz CT molecular complexity index is 1060. The third-order valence-electron chi connectivity index (χ3n) is 4.64. The summed E-state index contributed by atoms with van der Waals surface area (Å²) in [7, 11) is 0. The van der Waals surface area contributed by atoms with Gasteiger partial charge in [0.1, 0.15) is 11.6 Å². The first kappa shape index (κ1) is 18.9. The maximum atomic E-state index is 12.7. The first-order valence-electron chi connectivity index (χ1n) is 8.56. The van der Waals surface area contributed by atoms with Crippen molar-refractivity contribution in [2.75, 3.05) is 6.54 Å². The zero-order chi connectivity index (χ0) is 19.9. The summed E-state index contributed by atoms with van der Waals surface area (Å²) < 4.78 is 44.3. The Hall–Kier alpha value is -2.39. The van der Waals surface area contributed by atoms with E-state index in [1.165, 1.54) is 12.1 Å². The van der Waals surface area contributed by atoms with Crippen LogP contribution in [-0.2, 0) is 25.7 Å². The fourth-order valence-corrected chi connectivity index (χ4v) is 3.57. The molecule has 0 fully saturated rings. The van der Waals surface area contributed by atoms with Crippen LogP contribution in [0.25, 0.3) is 11.4 Å². The molecular weight excluding hydrogens is 439 g/mol. The number of rotatable bonds is 3. The highest BCUT2D eigenvalue weighted by Gasteiger charge is 2.30. The molecule has 9 heteroatoms. The number of alkyl halides is 3. The number of halogens is 4. The monoisotopic (exact) mass is 453 g/mol. The summed E-state index contributed by atoms with van der Waals surface area (Å²) in [6.07, 6.45) is -3.82. The second-order valence-corrected chi connectivity index (χ2v) is 7.36. The van der Waals surface area contributed by atoms with Crippen molar-refractivity contribution in [2.45, 2.75) is 25.7 Å². The lowest BCUT2D eigenvalue weighted by Crippen LogP contribution is -2.35. The third kappa shape index (κ3) is 3.90. The lowest BCUT2D eigenvalue weighted by molar-refractivity contribution is -0.137. The van der Waals surface area contributed by atoms with Crippen molar-refractivity contribution >= 4 is 15.9 Å². The van der Waals surface area contributed by atoms with E-state index in [0.29, 0.717) is 47.5 Å². The number of furan rings is 1. The Kier molecular flexibility index (Phi) is 4.88. The number of hydrogen-bond donors (Lipinski definition) is 1. The quantitative estimate of drug-likeness (QED) is 0.639. The maximum absolute atomic E-state index is 12.7. The minimum absolute atomic E-state index is 0.273. The second kappa shape index (κ2) is 7.21. The van der Waals surface area contributed by atoms with E-state index in [1.807, 2.05) is 12.1 Å². The molecule has 0 amide bonds. The summed E-state index contributed by atoms with van der Waals surface area (Å²) in [5.41, 5.74) is 0.681. The molecule has 3 heterocycles. The molecule has 28 heavy (non-hydrogen) atoms. The van der Waals surface area contributed by atoms with Crippen LogP contribution in [0, 0.1) is 0 Å². The van der Waals surface area contributed by atoms with Gasteiger partial charge in [0, 0.05) is 25.1 Å². The van der Waals surface area contributed by atoms with E-state index < -0.39 is 11.7 Å². The van der Waals surface area contributed by atoms with Crippen LogP contribution in [0.15, 0.2) is 50.3 Å². The Morgan fingerprint density at radius 1 is 1.18 bits per heavy atom. The summed E-state index contributed by atoms with van der Waals surface area (Å²) in [6, 6.07) is 8.29. The summed E-state index contributed by atoms with van der Waals surface area (Å²) in [4.78, 5) is 21.8. The standard InChI is InChI=1S/C19H15BrF3N3O2/c20-16-6-5-13(28-16)9-26-8-7-15-14(10-26)18(27)25-17(24-15)11-1-3-12(4-2-11)19(21,22)23/h1-6H,7-10H2,(H,24,25,27). The minimum atomic E-state index is -4.40. The Morgan fingerprint density at radius 2 is 1.93 bits per heavy atom. The number of aromatic amines is 1. The van der Waals surface area contributed by atoms with Gasteiger partial charge in [-0.1, -0.05) is 12.1 Å². The van der Waals surface area contributed by atoms with Gasteiger partial charge in [0.2, 0.25) is 0 Å². The molecule has 2 aromatic heterocycles. The van der Waals surface area contributed by atoms with Gasteiger partial charge in [-0.3, -0.25) is 9.69 Å². The molecular formula is C19H15BrF3N3O2. The van der Waals surface area contributed by atoms with E-state index in [4.69, 9.17) is 4.42 Å². The Labute approximate surface area is 166 Å². The van der Waals surface area contributed by atoms with Gasteiger partial charge in [-0.05, 0) is 40.2 Å². The molecule has 0 radical (unpaired) electrons. The van der Waals surface area contributed by atoms with Crippen LogP contribution in [0.1, 0.15) is 22.6 Å². The van der Waals surface area contributed by atoms with Gasteiger partial charge in [0.25, 0.3) is 5.56 Å². The predicted molar refractivity (Wildman–Crippen MR) is 99.5 cm³/mol. The molecule has 3 aromatic rings. The van der Waals surface area contributed by atoms with Crippen molar-refractivity contribution in [1.29, 1.82) is 0 Å². The predicted octanol–water partition coefficient (Wildman–Crippen LogP) is 4.37. The molecule has 5 nitrogen and oxygen atoms in total. The van der Waals surface area contributed by atoms with Crippen molar-refractivity contribution in [3.8, 4) is 11.4 Å². The highest BCUT2D eigenvalue weighted by molar-refractivity contribution is 9.10. The Morgan fingerprint density at radius 3 is 2.57 bits per heavy atom. The number of benzene rings is 1. The molecule has 0 atom stereocenters. The maximum Gasteiger partial charge on any atom is 0.416 e. The van der Waals surface area contributed by atoms with Crippen molar-refractivity contribution in [1.82, 2.24) is 14.9 Å². The van der Waals surface area contributed by atoms with E-state index in [-0.39, 0.29) is 11.4 Å². The van der Waals surface area contributed by atoms with Crippen molar-refractivity contribution in [3.05, 3.63) is 74.0 Å². The van der Waals surface area contributed by atoms with Gasteiger partial charge in [0.05, 0.1) is 23.4 Å². The van der Waals surface area contributed by atoms with E-state index in [1.54, 1.807) is 0 Å². The van der Waals surface area contributed by atoms with Gasteiger partial charge in [0.15, 0.2) is 4.67 Å². The highest BCUT2D eigenvalue weighted by atomic mass is 79.9. The SMILES string of the molecule is O=c1[nH]c(-c2ccc(C(F)(F)F)cc2)nc2c1CN(Cc1ccc(Br)o1)CC2. The number of H-pyrrole nitrogens is 1. The summed E-state index contributed by atoms with van der Waals surface area (Å²) in [5, 5.41) is 0. The van der Waals surface area contributed by atoms with Gasteiger partial charge in [-0.25, -0.2) is 4.98 Å². The van der Waals surface area contributed by atoms with E-state index >= 15 is 0 Å². The van der Waals surface area contributed by atoms with Crippen LogP contribution in [0.4, 0.5) is 13.2 Å². The number of nitrogens with zero attached hydrogens (tertiary/aromatic N) is 2. The average Bonchev–Trinajstić information content (AvgIpc) is 3.06. The first-order chi connectivity index (χ1) is 13.3. The van der Waals surface area contributed by atoms with Crippen LogP contribution in [-0.4, -0.2) is 21.4 Å². The zero-order valence-electron chi connectivity index (χ0n) is 14.5. The van der Waals surface area contributed by atoms with Crippen LogP contribution in [0.2, 0.25) is 0 Å². The number of hydrogen-bond acceptors (Lipinski definition) is 4. The van der Waals surface area contributed by atoms with Gasteiger partial charge >= 0.3 is 6.18 Å². The molecule has 0 aliphatic carbocycles. The van der Waals surface area contributed by atoms with Crippen molar-refractivity contribution in [3.63, 3.8) is 0 Å². The Balaban J connectivity index is 1.56. The third-order valence-corrected chi connectivity index (χ3v) is 5.07. The molecule has 4 rings (SSSR count). The van der Waals surface area contributed by atoms with Crippen LogP contribution < -0.4 is 5.56 Å². The molecule has 1 aromatic carbocycles. The summed E-state index contributed by atoms with van der Waals surface area (Å²) >= 11 is 3.27. The molecule has 0 bridgehead atoms. The fourth-order valence-electron chi connectivity index (χ4n) is 3.23. The summed E-state index contributed by atoms with van der Waals surface area (Å²) in [6.45, 7) is 1.71. The number of fused-ring (bicyclic) bond motifs is 1. The number of nitrogens with one attached hydrogen (secondary N) is 1. The lowest BCUT2D eigenvalue weighted by Gasteiger charge is -2.26.